The summed E-state index contributed by atoms with van der Waals surface area (Å²) >= 11 is 0. The van der Waals surface area contributed by atoms with E-state index in [1.54, 1.807) is 7.11 Å². The second-order valence-corrected chi connectivity index (χ2v) is 5.08. The smallest absolute Gasteiger partial charge is 0.119 e. The topological polar surface area (TPSA) is 34.4 Å². The Balaban J connectivity index is 2.45. The van der Waals surface area contributed by atoms with Gasteiger partial charge in [0.1, 0.15) is 17.3 Å². The quantitative estimate of drug-likeness (QED) is 0.896. The van der Waals surface area contributed by atoms with E-state index in [1.165, 1.54) is 16.7 Å². The molecule has 0 radical (unpaired) electrons. The molecule has 3 nitrogen and oxygen atoms in total. The Kier molecular flexibility index (Phi) is 4.50. The van der Waals surface area contributed by atoms with Gasteiger partial charge < -0.3 is 14.5 Å². The highest BCUT2D eigenvalue weighted by Gasteiger charge is 2.20. The normalized spacial score (nSPS) is 12.4. The van der Waals surface area contributed by atoms with Crippen LogP contribution >= 0.6 is 0 Å². The zero-order valence-corrected chi connectivity index (χ0v) is 12.9. The zero-order chi connectivity index (χ0) is 14.7. The molecular formula is C17H23NO2. The Morgan fingerprint density at radius 3 is 2.40 bits per heavy atom. The van der Waals surface area contributed by atoms with E-state index >= 15 is 0 Å². The van der Waals surface area contributed by atoms with Crippen molar-refractivity contribution in [2.45, 2.75) is 33.7 Å². The molecule has 0 saturated heterocycles. The minimum atomic E-state index is 0.156. The SMILES string of the molecule is CCNC(c1ccc(OC)cc1C)c1cc(C)oc1C. The predicted octanol–water partition coefficient (Wildman–Crippen LogP) is 3.91. The van der Waals surface area contributed by atoms with Gasteiger partial charge in [-0.05, 0) is 56.6 Å². The molecule has 1 heterocycles. The van der Waals surface area contributed by atoms with Crippen molar-refractivity contribution >= 4 is 0 Å². The summed E-state index contributed by atoms with van der Waals surface area (Å²) in [6.45, 7) is 9.14. The van der Waals surface area contributed by atoms with Crippen LogP contribution in [0, 0.1) is 20.8 Å². The molecule has 0 aliphatic carbocycles. The summed E-state index contributed by atoms with van der Waals surface area (Å²) in [4.78, 5) is 0. The predicted molar refractivity (Wildman–Crippen MR) is 81.4 cm³/mol. The Morgan fingerprint density at radius 1 is 1.15 bits per heavy atom. The molecule has 0 fully saturated rings. The van der Waals surface area contributed by atoms with Crippen LogP contribution in [-0.4, -0.2) is 13.7 Å². The van der Waals surface area contributed by atoms with Crippen LogP contribution in [0.1, 0.15) is 41.2 Å². The van der Waals surface area contributed by atoms with Crippen molar-refractivity contribution in [3.63, 3.8) is 0 Å². The van der Waals surface area contributed by atoms with Gasteiger partial charge in [0.15, 0.2) is 0 Å². The fourth-order valence-electron chi connectivity index (χ4n) is 2.63. The number of hydrogen-bond donors (Lipinski definition) is 1. The molecule has 0 aliphatic rings. The van der Waals surface area contributed by atoms with E-state index in [2.05, 4.69) is 37.4 Å². The average Bonchev–Trinajstić information content (AvgIpc) is 2.75. The highest BCUT2D eigenvalue weighted by molar-refractivity contribution is 5.42. The van der Waals surface area contributed by atoms with Crippen molar-refractivity contribution in [2.24, 2.45) is 0 Å². The van der Waals surface area contributed by atoms with Gasteiger partial charge in [0.05, 0.1) is 13.2 Å². The fraction of sp³-hybridized carbons (Fsp3) is 0.412. The first kappa shape index (κ1) is 14.7. The Morgan fingerprint density at radius 2 is 1.90 bits per heavy atom. The second-order valence-electron chi connectivity index (χ2n) is 5.08. The molecule has 1 aromatic heterocycles. The Hall–Kier alpha value is -1.74. The molecule has 2 aromatic rings. The molecule has 1 atom stereocenters. The molecule has 0 aliphatic heterocycles. The monoisotopic (exact) mass is 273 g/mol. The number of nitrogens with one attached hydrogen (secondary N) is 1. The third-order valence-electron chi connectivity index (χ3n) is 3.59. The maximum atomic E-state index is 5.68. The van der Waals surface area contributed by atoms with Crippen molar-refractivity contribution in [1.29, 1.82) is 0 Å². The van der Waals surface area contributed by atoms with E-state index in [9.17, 15) is 0 Å². The number of hydrogen-bond acceptors (Lipinski definition) is 3. The van der Waals surface area contributed by atoms with E-state index in [1.807, 2.05) is 19.9 Å². The van der Waals surface area contributed by atoms with Crippen molar-refractivity contribution < 1.29 is 9.15 Å². The van der Waals surface area contributed by atoms with Gasteiger partial charge in [-0.15, -0.1) is 0 Å². The van der Waals surface area contributed by atoms with Crippen molar-refractivity contribution in [3.05, 3.63) is 52.5 Å². The first-order valence-electron chi connectivity index (χ1n) is 7.01. The number of benzene rings is 1. The molecule has 1 unspecified atom stereocenters. The number of methoxy groups -OCH3 is 1. The number of furan rings is 1. The summed E-state index contributed by atoms with van der Waals surface area (Å²) in [6, 6.07) is 8.48. The standard InChI is InChI=1S/C17H23NO2/c1-6-18-17(16-10-12(3)20-13(16)4)15-8-7-14(19-5)9-11(15)2/h7-10,17-18H,6H2,1-5H3. The number of ether oxygens (including phenoxy) is 1. The van der Waals surface area contributed by atoms with Gasteiger partial charge >= 0.3 is 0 Å². The largest absolute Gasteiger partial charge is 0.497 e. The summed E-state index contributed by atoms with van der Waals surface area (Å²) < 4.78 is 11.0. The Labute approximate surface area is 121 Å². The van der Waals surface area contributed by atoms with E-state index in [4.69, 9.17) is 9.15 Å². The summed E-state index contributed by atoms with van der Waals surface area (Å²) in [5, 5.41) is 3.55. The first-order valence-corrected chi connectivity index (χ1v) is 7.01. The number of rotatable bonds is 5. The molecule has 1 aromatic carbocycles. The maximum absolute atomic E-state index is 5.68. The van der Waals surface area contributed by atoms with E-state index in [0.29, 0.717) is 0 Å². The Bertz CT molecular complexity index is 587. The van der Waals surface area contributed by atoms with Crippen LogP contribution in [-0.2, 0) is 0 Å². The van der Waals surface area contributed by atoms with E-state index in [0.717, 1.165) is 23.8 Å². The molecule has 20 heavy (non-hydrogen) atoms. The van der Waals surface area contributed by atoms with Crippen LogP contribution in [0.25, 0.3) is 0 Å². The van der Waals surface area contributed by atoms with Crippen molar-refractivity contribution in [2.75, 3.05) is 13.7 Å². The first-order chi connectivity index (χ1) is 9.56. The van der Waals surface area contributed by atoms with E-state index in [-0.39, 0.29) is 6.04 Å². The lowest BCUT2D eigenvalue weighted by atomic mass is 9.95. The lowest BCUT2D eigenvalue weighted by molar-refractivity contribution is 0.414. The van der Waals surface area contributed by atoms with Crippen molar-refractivity contribution in [1.82, 2.24) is 5.32 Å². The van der Waals surface area contributed by atoms with Gasteiger partial charge in [0.2, 0.25) is 0 Å². The lowest BCUT2D eigenvalue weighted by Gasteiger charge is -2.20. The summed E-state index contributed by atoms with van der Waals surface area (Å²) in [5.41, 5.74) is 3.68. The van der Waals surface area contributed by atoms with Crippen LogP contribution in [0.15, 0.2) is 28.7 Å². The highest BCUT2D eigenvalue weighted by Crippen LogP contribution is 2.31. The average molecular weight is 273 g/mol. The van der Waals surface area contributed by atoms with E-state index < -0.39 is 0 Å². The third-order valence-corrected chi connectivity index (χ3v) is 3.59. The molecular weight excluding hydrogens is 250 g/mol. The summed E-state index contributed by atoms with van der Waals surface area (Å²) in [6.07, 6.45) is 0. The van der Waals surface area contributed by atoms with Crippen LogP contribution < -0.4 is 10.1 Å². The van der Waals surface area contributed by atoms with Crippen molar-refractivity contribution in [3.8, 4) is 5.75 Å². The maximum Gasteiger partial charge on any atom is 0.119 e. The molecule has 108 valence electrons. The second kappa shape index (κ2) is 6.14. The molecule has 0 bridgehead atoms. The number of aryl methyl sites for hydroxylation is 3. The van der Waals surface area contributed by atoms with Crippen LogP contribution in [0.4, 0.5) is 0 Å². The van der Waals surface area contributed by atoms with Gasteiger partial charge in [0, 0.05) is 5.56 Å². The molecule has 2 rings (SSSR count). The van der Waals surface area contributed by atoms with Crippen LogP contribution in [0.2, 0.25) is 0 Å². The van der Waals surface area contributed by atoms with Gasteiger partial charge in [0.25, 0.3) is 0 Å². The highest BCUT2D eigenvalue weighted by atomic mass is 16.5. The lowest BCUT2D eigenvalue weighted by Crippen LogP contribution is -2.23. The minimum absolute atomic E-state index is 0.156. The molecule has 1 N–H and O–H groups in total. The van der Waals surface area contributed by atoms with Crippen LogP contribution in [0.5, 0.6) is 5.75 Å². The summed E-state index contributed by atoms with van der Waals surface area (Å²) in [5.74, 6) is 2.82. The van der Waals surface area contributed by atoms with Gasteiger partial charge in [-0.3, -0.25) is 0 Å². The third kappa shape index (κ3) is 2.88. The molecule has 0 amide bonds. The molecule has 0 spiro atoms. The van der Waals surface area contributed by atoms with Gasteiger partial charge in [-0.2, -0.15) is 0 Å². The molecule has 3 heteroatoms. The summed E-state index contributed by atoms with van der Waals surface area (Å²) in [7, 11) is 1.69. The van der Waals surface area contributed by atoms with Crippen LogP contribution in [0.3, 0.4) is 0 Å². The fourth-order valence-corrected chi connectivity index (χ4v) is 2.63. The van der Waals surface area contributed by atoms with Gasteiger partial charge in [-0.25, -0.2) is 0 Å². The zero-order valence-electron chi connectivity index (χ0n) is 12.9. The molecule has 0 saturated carbocycles. The van der Waals surface area contributed by atoms with Gasteiger partial charge in [-0.1, -0.05) is 13.0 Å². The minimum Gasteiger partial charge on any atom is -0.497 e.